The molecule has 3 rings (SSSR count). The van der Waals surface area contributed by atoms with Gasteiger partial charge in [-0.15, -0.1) is 11.3 Å². The van der Waals surface area contributed by atoms with Crippen molar-refractivity contribution < 1.29 is 4.52 Å². The summed E-state index contributed by atoms with van der Waals surface area (Å²) in [4.78, 5) is 8.58. The van der Waals surface area contributed by atoms with Gasteiger partial charge in [-0.1, -0.05) is 5.16 Å². The van der Waals surface area contributed by atoms with Gasteiger partial charge in [0.15, 0.2) is 5.82 Å². The first-order valence-corrected chi connectivity index (χ1v) is 6.31. The number of aromatic amines is 1. The number of nitrogens with zero attached hydrogens (tertiary/aromatic N) is 5. The van der Waals surface area contributed by atoms with E-state index in [9.17, 15) is 0 Å². The molecule has 0 saturated heterocycles. The first kappa shape index (κ1) is 11.6. The average molecular weight is 272 g/mol. The topological polar surface area (TPSA) is 104 Å². The number of hydrogen-bond donors (Lipinski definition) is 1. The maximum absolute atomic E-state index is 8.89. The van der Waals surface area contributed by atoms with Crippen molar-refractivity contribution in [3.8, 4) is 17.5 Å². The molecule has 0 aliphatic carbocycles. The molecule has 0 radical (unpaired) electrons. The Morgan fingerprint density at radius 1 is 1.47 bits per heavy atom. The van der Waals surface area contributed by atoms with Crippen molar-refractivity contribution in [3.05, 3.63) is 33.8 Å². The molecule has 3 aromatic heterocycles. The maximum Gasteiger partial charge on any atom is 0.262 e. The molecule has 0 aromatic carbocycles. The van der Waals surface area contributed by atoms with Crippen molar-refractivity contribution in [2.45, 2.75) is 13.3 Å². The average Bonchev–Trinajstić information content (AvgIpc) is 3.10. The zero-order chi connectivity index (χ0) is 13.2. The summed E-state index contributed by atoms with van der Waals surface area (Å²) in [6, 6.07) is 1.98. The SMILES string of the molecule is Cc1csc(Cc2noc(-c3cn[nH]c3C#N)n2)n1. The minimum atomic E-state index is 0.286. The maximum atomic E-state index is 8.89. The summed E-state index contributed by atoms with van der Waals surface area (Å²) < 4.78 is 5.14. The zero-order valence-corrected chi connectivity index (χ0v) is 10.7. The molecule has 0 bridgehead atoms. The molecule has 3 aromatic rings. The zero-order valence-electron chi connectivity index (χ0n) is 9.91. The number of nitrogens with one attached hydrogen (secondary N) is 1. The van der Waals surface area contributed by atoms with Gasteiger partial charge >= 0.3 is 0 Å². The van der Waals surface area contributed by atoms with Crippen LogP contribution in [0.25, 0.3) is 11.5 Å². The second-order valence-corrected chi connectivity index (χ2v) is 4.79. The largest absolute Gasteiger partial charge is 0.334 e. The van der Waals surface area contributed by atoms with Crippen LogP contribution in [-0.4, -0.2) is 25.3 Å². The number of aromatic nitrogens is 5. The molecule has 8 heteroatoms. The van der Waals surface area contributed by atoms with E-state index in [4.69, 9.17) is 9.78 Å². The third-order valence-corrected chi connectivity index (χ3v) is 3.39. The van der Waals surface area contributed by atoms with Crippen molar-refractivity contribution in [1.29, 1.82) is 5.26 Å². The van der Waals surface area contributed by atoms with E-state index in [1.54, 1.807) is 11.3 Å². The fourth-order valence-corrected chi connectivity index (χ4v) is 2.36. The normalized spacial score (nSPS) is 10.5. The Kier molecular flexibility index (Phi) is 2.81. The smallest absolute Gasteiger partial charge is 0.262 e. The van der Waals surface area contributed by atoms with Crippen LogP contribution in [0.1, 0.15) is 22.2 Å². The summed E-state index contributed by atoms with van der Waals surface area (Å²) in [7, 11) is 0. The molecule has 19 heavy (non-hydrogen) atoms. The quantitative estimate of drug-likeness (QED) is 0.777. The molecule has 3 heterocycles. The molecule has 0 atom stereocenters. The number of thiazole rings is 1. The first-order valence-electron chi connectivity index (χ1n) is 5.43. The van der Waals surface area contributed by atoms with E-state index in [0.717, 1.165) is 10.7 Å². The summed E-state index contributed by atoms with van der Waals surface area (Å²) >= 11 is 1.56. The van der Waals surface area contributed by atoms with Gasteiger partial charge in [-0.05, 0) is 6.92 Å². The van der Waals surface area contributed by atoms with Crippen molar-refractivity contribution >= 4 is 11.3 Å². The fraction of sp³-hybridized carbons (Fsp3) is 0.182. The monoisotopic (exact) mass is 272 g/mol. The van der Waals surface area contributed by atoms with Crippen LogP contribution in [0.5, 0.6) is 0 Å². The lowest BCUT2D eigenvalue weighted by Gasteiger charge is -1.87. The van der Waals surface area contributed by atoms with Crippen LogP contribution in [0.3, 0.4) is 0 Å². The molecule has 1 N–H and O–H groups in total. The number of hydrogen-bond acceptors (Lipinski definition) is 7. The first-order chi connectivity index (χ1) is 9.26. The van der Waals surface area contributed by atoms with Crippen molar-refractivity contribution in [1.82, 2.24) is 25.3 Å². The summed E-state index contributed by atoms with van der Waals surface area (Å²) in [6.07, 6.45) is 2.01. The van der Waals surface area contributed by atoms with Gasteiger partial charge in [-0.3, -0.25) is 5.10 Å². The second kappa shape index (κ2) is 4.62. The Balaban J connectivity index is 1.86. The lowest BCUT2D eigenvalue weighted by atomic mass is 10.2. The minimum absolute atomic E-state index is 0.286. The Hall–Kier alpha value is -2.53. The van der Waals surface area contributed by atoms with E-state index in [-0.39, 0.29) is 5.89 Å². The fourth-order valence-electron chi connectivity index (χ4n) is 1.59. The third-order valence-electron chi connectivity index (χ3n) is 2.43. The molecular weight excluding hydrogens is 264 g/mol. The lowest BCUT2D eigenvalue weighted by Crippen LogP contribution is -1.90. The molecule has 0 aliphatic heterocycles. The van der Waals surface area contributed by atoms with Gasteiger partial charge in [-0.25, -0.2) is 4.98 Å². The van der Waals surface area contributed by atoms with Gasteiger partial charge in [0.05, 0.1) is 18.2 Å². The van der Waals surface area contributed by atoms with Crippen molar-refractivity contribution in [2.75, 3.05) is 0 Å². The molecule has 0 fully saturated rings. The molecular formula is C11H8N6OS. The Labute approximate surface area is 111 Å². The van der Waals surface area contributed by atoms with Crippen molar-refractivity contribution in [3.63, 3.8) is 0 Å². The predicted octanol–water partition coefficient (Wildman–Crippen LogP) is 1.69. The highest BCUT2D eigenvalue weighted by Crippen LogP contribution is 2.20. The summed E-state index contributed by atoms with van der Waals surface area (Å²) in [5, 5.41) is 22.0. The molecule has 94 valence electrons. The van der Waals surface area contributed by atoms with Crippen LogP contribution in [-0.2, 0) is 6.42 Å². The highest BCUT2D eigenvalue weighted by Gasteiger charge is 2.15. The number of nitriles is 1. The van der Waals surface area contributed by atoms with E-state index in [2.05, 4.69) is 25.3 Å². The van der Waals surface area contributed by atoms with Crippen LogP contribution in [0.15, 0.2) is 16.1 Å². The third kappa shape index (κ3) is 2.23. The Morgan fingerprint density at radius 2 is 2.37 bits per heavy atom. The summed E-state index contributed by atoms with van der Waals surface area (Å²) in [5.41, 5.74) is 1.79. The van der Waals surface area contributed by atoms with E-state index in [1.165, 1.54) is 6.20 Å². The Morgan fingerprint density at radius 3 is 3.11 bits per heavy atom. The van der Waals surface area contributed by atoms with Gasteiger partial charge < -0.3 is 4.52 Å². The van der Waals surface area contributed by atoms with Crippen LogP contribution in [0.4, 0.5) is 0 Å². The predicted molar refractivity (Wildman–Crippen MR) is 66.3 cm³/mol. The van der Waals surface area contributed by atoms with Gasteiger partial charge in [0.1, 0.15) is 16.8 Å². The van der Waals surface area contributed by atoms with Crippen LogP contribution in [0, 0.1) is 18.3 Å². The van der Waals surface area contributed by atoms with Gasteiger partial charge in [-0.2, -0.15) is 15.3 Å². The van der Waals surface area contributed by atoms with Crippen LogP contribution in [0.2, 0.25) is 0 Å². The number of aryl methyl sites for hydroxylation is 1. The lowest BCUT2D eigenvalue weighted by molar-refractivity contribution is 0.424. The second-order valence-electron chi connectivity index (χ2n) is 3.85. The minimum Gasteiger partial charge on any atom is -0.334 e. The van der Waals surface area contributed by atoms with E-state index >= 15 is 0 Å². The van der Waals surface area contributed by atoms with Gasteiger partial charge in [0.2, 0.25) is 0 Å². The van der Waals surface area contributed by atoms with E-state index < -0.39 is 0 Å². The molecule has 0 amide bonds. The number of rotatable bonds is 3. The molecule has 7 nitrogen and oxygen atoms in total. The molecule has 0 aliphatic rings. The van der Waals surface area contributed by atoms with Gasteiger partial charge in [0.25, 0.3) is 5.89 Å². The Bertz CT molecular complexity index is 749. The summed E-state index contributed by atoms with van der Waals surface area (Å²) in [5.74, 6) is 0.822. The standard InChI is InChI=1S/C11H8N6OS/c1-6-5-19-10(14-6)2-9-15-11(18-17-9)7-4-13-16-8(7)3-12/h4-5H,2H2,1H3,(H,13,16). The highest BCUT2D eigenvalue weighted by molar-refractivity contribution is 7.09. The number of H-pyrrole nitrogens is 1. The molecule has 0 unspecified atom stereocenters. The van der Waals surface area contributed by atoms with Crippen LogP contribution >= 0.6 is 11.3 Å². The van der Waals surface area contributed by atoms with Crippen LogP contribution < -0.4 is 0 Å². The summed E-state index contributed by atoms with van der Waals surface area (Å²) in [6.45, 7) is 1.94. The van der Waals surface area contributed by atoms with E-state index in [0.29, 0.717) is 23.5 Å². The van der Waals surface area contributed by atoms with Crippen molar-refractivity contribution in [2.24, 2.45) is 0 Å². The highest BCUT2D eigenvalue weighted by atomic mass is 32.1. The molecule has 0 saturated carbocycles. The van der Waals surface area contributed by atoms with E-state index in [1.807, 2.05) is 18.4 Å². The molecule has 0 spiro atoms. The van der Waals surface area contributed by atoms with Gasteiger partial charge in [0, 0.05) is 11.1 Å².